The third-order valence-corrected chi connectivity index (χ3v) is 3.70. The molecule has 0 aliphatic heterocycles. The molecule has 0 heterocycles. The van der Waals surface area contributed by atoms with Gasteiger partial charge in [0.25, 0.3) is 0 Å². The van der Waals surface area contributed by atoms with Crippen molar-refractivity contribution in [2.75, 3.05) is 17.7 Å². The number of nitriles is 1. The van der Waals surface area contributed by atoms with Gasteiger partial charge in [-0.15, -0.1) is 0 Å². The second kappa shape index (κ2) is 9.06. The van der Waals surface area contributed by atoms with Crippen LogP contribution in [0.25, 0.3) is 17.2 Å². The van der Waals surface area contributed by atoms with Crippen molar-refractivity contribution in [3.63, 3.8) is 0 Å². The maximum atomic E-state index is 11.4. The predicted molar refractivity (Wildman–Crippen MR) is 103 cm³/mol. The van der Waals surface area contributed by atoms with Crippen molar-refractivity contribution < 1.29 is 19.4 Å². The fraction of sp³-hybridized carbons (Fsp3) is 0.150. The molecule has 2 rings (SSSR count). The molecule has 0 aliphatic rings. The Hall–Kier alpha value is -3.79. The highest BCUT2D eigenvalue weighted by Crippen LogP contribution is 2.27. The lowest BCUT2D eigenvalue weighted by Gasteiger charge is -2.09. The van der Waals surface area contributed by atoms with Crippen LogP contribution in [0.3, 0.4) is 0 Å². The number of nitrogen functional groups attached to an aromatic ring is 1. The van der Waals surface area contributed by atoms with Crippen molar-refractivity contribution in [3.05, 3.63) is 53.6 Å². The summed E-state index contributed by atoms with van der Waals surface area (Å²) < 4.78 is 4.82. The maximum Gasteiger partial charge on any atom is 0.411 e. The van der Waals surface area contributed by atoms with Gasteiger partial charge in [-0.05, 0) is 54.0 Å². The first-order valence-electron chi connectivity index (χ1n) is 8.19. The molecule has 1 amide bonds. The second-order valence-electron chi connectivity index (χ2n) is 5.58. The molecule has 2 aromatic rings. The van der Waals surface area contributed by atoms with Crippen molar-refractivity contribution in [1.82, 2.24) is 0 Å². The number of benzene rings is 2. The predicted octanol–water partition coefficient (Wildman–Crippen LogP) is 3.89. The zero-order chi connectivity index (χ0) is 19.8. The molecule has 27 heavy (non-hydrogen) atoms. The Balaban J connectivity index is 2.30. The lowest BCUT2D eigenvalue weighted by Crippen LogP contribution is -2.13. The number of hydrogen-bond acceptors (Lipinski definition) is 5. The summed E-state index contributed by atoms with van der Waals surface area (Å²) in [6.45, 7) is 2.01. The summed E-state index contributed by atoms with van der Waals surface area (Å²) in [4.78, 5) is 22.7. The van der Waals surface area contributed by atoms with E-state index in [0.29, 0.717) is 16.9 Å². The Morgan fingerprint density at radius 2 is 1.89 bits per heavy atom. The van der Waals surface area contributed by atoms with Gasteiger partial charge in [-0.1, -0.05) is 18.2 Å². The molecule has 138 valence electrons. The van der Waals surface area contributed by atoms with E-state index >= 15 is 0 Å². The highest BCUT2D eigenvalue weighted by molar-refractivity contribution is 5.94. The summed E-state index contributed by atoms with van der Waals surface area (Å²) in [5.41, 5.74) is 9.11. The highest BCUT2D eigenvalue weighted by atomic mass is 16.5. The van der Waals surface area contributed by atoms with E-state index in [4.69, 9.17) is 15.7 Å². The molecule has 0 radical (unpaired) electrons. The van der Waals surface area contributed by atoms with E-state index in [1.807, 2.05) is 24.3 Å². The average Bonchev–Trinajstić information content (AvgIpc) is 2.63. The van der Waals surface area contributed by atoms with Gasteiger partial charge in [-0.3, -0.25) is 5.32 Å². The third-order valence-electron chi connectivity index (χ3n) is 3.70. The molecule has 4 N–H and O–H groups in total. The van der Waals surface area contributed by atoms with Gasteiger partial charge < -0.3 is 15.6 Å². The van der Waals surface area contributed by atoms with Crippen LogP contribution >= 0.6 is 0 Å². The van der Waals surface area contributed by atoms with E-state index in [0.717, 1.165) is 11.1 Å². The van der Waals surface area contributed by atoms with Crippen LogP contribution in [-0.2, 0) is 9.53 Å². The number of rotatable bonds is 6. The quantitative estimate of drug-likeness (QED) is 0.527. The molecular formula is C20H19N3O4. The number of hydrogen-bond donors (Lipinski definition) is 3. The number of ether oxygens (including phenoxy) is 1. The zero-order valence-electron chi connectivity index (χ0n) is 14.7. The molecule has 0 aromatic heterocycles. The van der Waals surface area contributed by atoms with Crippen LogP contribution in [0.15, 0.2) is 48.0 Å². The lowest BCUT2D eigenvalue weighted by molar-refractivity contribution is -0.132. The molecule has 0 fully saturated rings. The van der Waals surface area contributed by atoms with E-state index in [9.17, 15) is 14.7 Å². The molecular weight excluding hydrogens is 346 g/mol. The fourth-order valence-electron chi connectivity index (χ4n) is 2.37. The number of nitrogens with one attached hydrogen (secondary N) is 1. The van der Waals surface area contributed by atoms with Gasteiger partial charge in [0.05, 0.1) is 24.7 Å². The van der Waals surface area contributed by atoms with Gasteiger partial charge in [0, 0.05) is 11.4 Å². The topological polar surface area (TPSA) is 125 Å². The third kappa shape index (κ3) is 5.34. The first-order chi connectivity index (χ1) is 12.9. The summed E-state index contributed by atoms with van der Waals surface area (Å²) in [6, 6.07) is 14.2. The number of anilines is 2. The Morgan fingerprint density at radius 3 is 2.48 bits per heavy atom. The van der Waals surface area contributed by atoms with Gasteiger partial charge in [-0.25, -0.2) is 9.59 Å². The second-order valence-corrected chi connectivity index (χ2v) is 5.58. The minimum atomic E-state index is -1.16. The van der Waals surface area contributed by atoms with Crippen molar-refractivity contribution >= 4 is 29.5 Å². The average molecular weight is 365 g/mol. The van der Waals surface area contributed by atoms with Gasteiger partial charge in [0.1, 0.15) is 0 Å². The number of amides is 1. The van der Waals surface area contributed by atoms with E-state index < -0.39 is 12.1 Å². The standard InChI is InChI=1S/C20H19N3O4/c1-2-27-20(26)23-17-6-3-13(4-7-17)14-5-8-18(22)16(11-14)12-15(9-10-21)19(24)25/h3-8,11-12H,2,9,22H2,1H3,(H,23,26)(H,24,25)/b15-12+. The van der Waals surface area contributed by atoms with Crippen molar-refractivity contribution in [2.24, 2.45) is 0 Å². The lowest BCUT2D eigenvalue weighted by atomic mass is 9.99. The van der Waals surface area contributed by atoms with Gasteiger partial charge >= 0.3 is 12.1 Å². The van der Waals surface area contributed by atoms with Crippen LogP contribution in [0.4, 0.5) is 16.2 Å². The molecule has 0 aliphatic carbocycles. The molecule has 7 heteroatoms. The number of carbonyl (C=O) groups is 2. The highest BCUT2D eigenvalue weighted by Gasteiger charge is 2.09. The van der Waals surface area contributed by atoms with Gasteiger partial charge in [0.2, 0.25) is 0 Å². The van der Waals surface area contributed by atoms with Crippen LogP contribution in [0.5, 0.6) is 0 Å². The monoisotopic (exact) mass is 365 g/mol. The Kier molecular flexibility index (Phi) is 6.55. The zero-order valence-corrected chi connectivity index (χ0v) is 14.7. The van der Waals surface area contributed by atoms with E-state index in [1.54, 1.807) is 31.2 Å². The fourth-order valence-corrected chi connectivity index (χ4v) is 2.37. The van der Waals surface area contributed by atoms with Crippen LogP contribution in [0, 0.1) is 11.3 Å². The number of nitrogens with two attached hydrogens (primary N) is 1. The van der Waals surface area contributed by atoms with Crippen LogP contribution in [-0.4, -0.2) is 23.8 Å². The van der Waals surface area contributed by atoms with Crippen molar-refractivity contribution in [2.45, 2.75) is 13.3 Å². The summed E-state index contributed by atoms with van der Waals surface area (Å²) in [7, 11) is 0. The van der Waals surface area contributed by atoms with E-state index in [2.05, 4.69) is 5.32 Å². The number of aliphatic carboxylic acids is 1. The van der Waals surface area contributed by atoms with E-state index in [-0.39, 0.29) is 18.6 Å². The molecule has 0 unspecified atom stereocenters. The molecule has 0 atom stereocenters. The Bertz CT molecular complexity index is 912. The minimum Gasteiger partial charge on any atom is -0.478 e. The number of carbonyl (C=O) groups excluding carboxylic acids is 1. The Morgan fingerprint density at radius 1 is 1.22 bits per heavy atom. The number of carboxylic acids is 1. The maximum absolute atomic E-state index is 11.4. The van der Waals surface area contributed by atoms with Crippen molar-refractivity contribution in [3.8, 4) is 17.2 Å². The summed E-state index contributed by atoms with van der Waals surface area (Å²) in [5.74, 6) is -1.16. The molecule has 7 nitrogen and oxygen atoms in total. The molecule has 0 saturated heterocycles. The largest absolute Gasteiger partial charge is 0.478 e. The van der Waals surface area contributed by atoms with Crippen LogP contribution in [0.1, 0.15) is 18.9 Å². The first kappa shape index (κ1) is 19.5. The van der Waals surface area contributed by atoms with E-state index in [1.165, 1.54) is 6.08 Å². The SMILES string of the molecule is CCOC(=O)Nc1ccc(-c2ccc(N)c(/C=C(\CC#N)C(=O)O)c2)cc1. The molecule has 0 saturated carbocycles. The Labute approximate surface area is 156 Å². The summed E-state index contributed by atoms with van der Waals surface area (Å²) >= 11 is 0. The van der Waals surface area contributed by atoms with Gasteiger partial charge in [0.15, 0.2) is 0 Å². The summed E-state index contributed by atoms with van der Waals surface area (Å²) in [5, 5.41) is 20.6. The summed E-state index contributed by atoms with van der Waals surface area (Å²) in [6.07, 6.45) is 0.665. The number of carboxylic acid groups (broad SMARTS) is 1. The van der Waals surface area contributed by atoms with Gasteiger partial charge in [-0.2, -0.15) is 5.26 Å². The van der Waals surface area contributed by atoms with Crippen LogP contribution < -0.4 is 11.1 Å². The minimum absolute atomic E-state index is 0.0321. The van der Waals surface area contributed by atoms with Crippen molar-refractivity contribution in [1.29, 1.82) is 5.26 Å². The smallest absolute Gasteiger partial charge is 0.411 e. The first-order valence-corrected chi connectivity index (χ1v) is 8.19. The normalized spacial score (nSPS) is 10.7. The molecule has 0 spiro atoms. The van der Waals surface area contributed by atoms with Crippen LogP contribution in [0.2, 0.25) is 0 Å². The molecule has 0 bridgehead atoms. The number of nitrogens with zero attached hydrogens (tertiary/aromatic N) is 1. The molecule has 2 aromatic carbocycles.